The molecule has 0 aromatic carbocycles. The van der Waals surface area contributed by atoms with Gasteiger partial charge in [0.05, 0.1) is 0 Å². The molecule has 336 valence electrons. The van der Waals surface area contributed by atoms with Crippen LogP contribution in [0.25, 0.3) is 0 Å². The molecule has 0 spiro atoms. The van der Waals surface area contributed by atoms with Crippen molar-refractivity contribution in [1.82, 2.24) is 0 Å². The number of unbranched alkanes of at least 4 members (excludes halogenated alkanes) is 33. The Labute approximate surface area is 354 Å². The van der Waals surface area contributed by atoms with Crippen LogP contribution in [0.1, 0.15) is 278 Å². The molecule has 0 aliphatic heterocycles. The molecule has 0 aromatic heterocycles. The lowest BCUT2D eigenvalue weighted by Gasteiger charge is -2.18. The first-order valence-corrected chi connectivity index (χ1v) is 25.2. The van der Waals surface area contributed by atoms with Gasteiger partial charge in [-0.15, -0.1) is 0 Å². The summed E-state index contributed by atoms with van der Waals surface area (Å²) in [5.41, 5.74) is 0. The van der Waals surface area contributed by atoms with Crippen LogP contribution in [0, 0.1) is 0 Å². The van der Waals surface area contributed by atoms with Crippen LogP contribution in [0.5, 0.6) is 0 Å². The molecular formula is C51H96O6. The van der Waals surface area contributed by atoms with Gasteiger partial charge in [0.1, 0.15) is 13.2 Å². The SMILES string of the molecule is CCCCCCCC/C=C/CCCCCCCC(=O)OC(COC(=O)CCCCCCCCCCCCC)COC(=O)CCCCCCCCCCCCCCC. The summed E-state index contributed by atoms with van der Waals surface area (Å²) in [7, 11) is 0. The molecule has 1 atom stereocenters. The second-order valence-electron chi connectivity index (χ2n) is 17.1. The summed E-state index contributed by atoms with van der Waals surface area (Å²) in [6, 6.07) is 0. The minimum atomic E-state index is -0.766. The fourth-order valence-corrected chi connectivity index (χ4v) is 7.44. The molecule has 0 aromatic rings. The highest BCUT2D eigenvalue weighted by Gasteiger charge is 2.19. The number of hydrogen-bond donors (Lipinski definition) is 0. The summed E-state index contributed by atoms with van der Waals surface area (Å²) in [5, 5.41) is 0. The molecule has 0 radical (unpaired) electrons. The van der Waals surface area contributed by atoms with E-state index in [4.69, 9.17) is 14.2 Å². The number of ether oxygens (including phenoxy) is 3. The van der Waals surface area contributed by atoms with Crippen molar-refractivity contribution in [2.24, 2.45) is 0 Å². The van der Waals surface area contributed by atoms with Crippen LogP contribution in [0.15, 0.2) is 12.2 Å². The van der Waals surface area contributed by atoms with Crippen LogP contribution in [-0.2, 0) is 28.6 Å². The van der Waals surface area contributed by atoms with Gasteiger partial charge in [0, 0.05) is 19.3 Å². The van der Waals surface area contributed by atoms with Gasteiger partial charge in [-0.05, 0) is 44.9 Å². The third-order valence-electron chi connectivity index (χ3n) is 11.3. The first-order valence-electron chi connectivity index (χ1n) is 25.2. The van der Waals surface area contributed by atoms with E-state index >= 15 is 0 Å². The van der Waals surface area contributed by atoms with Gasteiger partial charge >= 0.3 is 17.9 Å². The smallest absolute Gasteiger partial charge is 0.306 e. The minimum Gasteiger partial charge on any atom is -0.462 e. The molecule has 0 N–H and O–H groups in total. The van der Waals surface area contributed by atoms with Crippen molar-refractivity contribution in [3.8, 4) is 0 Å². The molecule has 1 unspecified atom stereocenters. The summed E-state index contributed by atoms with van der Waals surface area (Å²) in [6.45, 7) is 6.64. The molecule has 0 aliphatic rings. The van der Waals surface area contributed by atoms with E-state index in [1.54, 1.807) is 0 Å². The zero-order valence-corrected chi connectivity index (χ0v) is 38.4. The summed E-state index contributed by atoms with van der Waals surface area (Å²) >= 11 is 0. The van der Waals surface area contributed by atoms with Crippen LogP contribution < -0.4 is 0 Å². The standard InChI is InChI=1S/C51H96O6/c1-4-7-10-13-16-19-22-24-25-27-30-33-36-39-42-45-51(54)57-48(46-55-49(52)43-40-37-34-31-28-21-18-15-12-9-6-3)47-56-50(53)44-41-38-35-32-29-26-23-20-17-14-11-8-5-2/h24-25,48H,4-23,26-47H2,1-3H3/b25-24+. The largest absolute Gasteiger partial charge is 0.462 e. The number of carbonyl (C=O) groups is 3. The monoisotopic (exact) mass is 805 g/mol. The van der Waals surface area contributed by atoms with Crippen molar-refractivity contribution >= 4 is 17.9 Å². The average molecular weight is 805 g/mol. The predicted molar refractivity (Wildman–Crippen MR) is 243 cm³/mol. The van der Waals surface area contributed by atoms with E-state index in [1.807, 2.05) is 0 Å². The number of allylic oxidation sites excluding steroid dienone is 2. The first kappa shape index (κ1) is 55.2. The van der Waals surface area contributed by atoms with Gasteiger partial charge in [-0.25, -0.2) is 0 Å². The van der Waals surface area contributed by atoms with Gasteiger partial charge < -0.3 is 14.2 Å². The first-order chi connectivity index (χ1) is 28.0. The van der Waals surface area contributed by atoms with Gasteiger partial charge in [0.15, 0.2) is 6.10 Å². The van der Waals surface area contributed by atoms with E-state index in [-0.39, 0.29) is 31.1 Å². The molecule has 0 saturated heterocycles. The Balaban J connectivity index is 4.34. The molecule has 6 heteroatoms. The fraction of sp³-hybridized carbons (Fsp3) is 0.902. The van der Waals surface area contributed by atoms with E-state index in [0.717, 1.165) is 64.2 Å². The van der Waals surface area contributed by atoms with E-state index in [9.17, 15) is 14.4 Å². The summed E-state index contributed by atoms with van der Waals surface area (Å²) < 4.78 is 16.8. The lowest BCUT2D eigenvalue weighted by atomic mass is 10.0. The average Bonchev–Trinajstić information content (AvgIpc) is 3.21. The Morgan fingerprint density at radius 1 is 0.333 bits per heavy atom. The predicted octanol–water partition coefficient (Wildman–Crippen LogP) is 16.2. The van der Waals surface area contributed by atoms with Gasteiger partial charge in [-0.3, -0.25) is 14.4 Å². The quantitative estimate of drug-likeness (QED) is 0.0264. The van der Waals surface area contributed by atoms with E-state index in [2.05, 4.69) is 32.9 Å². The van der Waals surface area contributed by atoms with Crippen molar-refractivity contribution in [2.45, 2.75) is 284 Å². The van der Waals surface area contributed by atoms with E-state index in [0.29, 0.717) is 19.3 Å². The molecular weight excluding hydrogens is 709 g/mol. The van der Waals surface area contributed by atoms with Crippen LogP contribution in [0.3, 0.4) is 0 Å². The van der Waals surface area contributed by atoms with Gasteiger partial charge in [0.25, 0.3) is 0 Å². The molecule has 0 rings (SSSR count). The van der Waals surface area contributed by atoms with Gasteiger partial charge in [-0.2, -0.15) is 0 Å². The molecule has 0 amide bonds. The highest BCUT2D eigenvalue weighted by Crippen LogP contribution is 2.16. The van der Waals surface area contributed by atoms with Crippen molar-refractivity contribution < 1.29 is 28.6 Å². The molecule has 0 aliphatic carbocycles. The normalized spacial score (nSPS) is 12.0. The zero-order valence-electron chi connectivity index (χ0n) is 38.4. The highest BCUT2D eigenvalue weighted by atomic mass is 16.6. The molecule has 57 heavy (non-hydrogen) atoms. The number of rotatable bonds is 46. The van der Waals surface area contributed by atoms with E-state index < -0.39 is 6.10 Å². The van der Waals surface area contributed by atoms with Crippen LogP contribution in [0.4, 0.5) is 0 Å². The highest BCUT2D eigenvalue weighted by molar-refractivity contribution is 5.71. The lowest BCUT2D eigenvalue weighted by Crippen LogP contribution is -2.30. The van der Waals surface area contributed by atoms with Crippen LogP contribution >= 0.6 is 0 Å². The second kappa shape index (κ2) is 46.8. The Morgan fingerprint density at radius 2 is 0.579 bits per heavy atom. The third-order valence-corrected chi connectivity index (χ3v) is 11.3. The summed E-state index contributed by atoms with van der Waals surface area (Å²) in [6.07, 6.45) is 50.4. The zero-order chi connectivity index (χ0) is 41.5. The Hall–Kier alpha value is -1.85. The molecule has 6 nitrogen and oxygen atoms in total. The lowest BCUT2D eigenvalue weighted by molar-refractivity contribution is -0.167. The van der Waals surface area contributed by atoms with Gasteiger partial charge in [-0.1, -0.05) is 226 Å². The maximum Gasteiger partial charge on any atom is 0.306 e. The fourth-order valence-electron chi connectivity index (χ4n) is 7.44. The molecule has 0 heterocycles. The van der Waals surface area contributed by atoms with Crippen molar-refractivity contribution in [3.63, 3.8) is 0 Å². The minimum absolute atomic E-state index is 0.0683. The summed E-state index contributed by atoms with van der Waals surface area (Å²) in [5.74, 6) is -0.863. The van der Waals surface area contributed by atoms with Gasteiger partial charge in [0.2, 0.25) is 0 Å². The third kappa shape index (κ3) is 45.1. The second-order valence-corrected chi connectivity index (χ2v) is 17.1. The summed E-state index contributed by atoms with van der Waals surface area (Å²) in [4.78, 5) is 37.8. The maximum atomic E-state index is 12.8. The molecule has 0 saturated carbocycles. The maximum absolute atomic E-state index is 12.8. The number of esters is 3. The molecule has 0 bridgehead atoms. The molecule has 0 fully saturated rings. The van der Waals surface area contributed by atoms with E-state index in [1.165, 1.54) is 173 Å². The topological polar surface area (TPSA) is 78.9 Å². The Morgan fingerprint density at radius 3 is 0.877 bits per heavy atom. The van der Waals surface area contributed by atoms with Crippen LogP contribution in [-0.4, -0.2) is 37.2 Å². The Bertz CT molecular complexity index is 885. The number of carbonyl (C=O) groups excluding carboxylic acids is 3. The van der Waals surface area contributed by atoms with Crippen molar-refractivity contribution in [1.29, 1.82) is 0 Å². The van der Waals surface area contributed by atoms with Crippen LogP contribution in [0.2, 0.25) is 0 Å². The van der Waals surface area contributed by atoms with Crippen molar-refractivity contribution in [3.05, 3.63) is 12.2 Å². The van der Waals surface area contributed by atoms with Crippen molar-refractivity contribution in [2.75, 3.05) is 13.2 Å². The Kier molecular flexibility index (Phi) is 45.3. The number of hydrogen-bond acceptors (Lipinski definition) is 6.